The molecular formula is C13H23NO4. The normalized spacial score (nSPS) is 32.1. The summed E-state index contributed by atoms with van der Waals surface area (Å²) in [6.45, 7) is 6.55. The Morgan fingerprint density at radius 2 is 2.33 bits per heavy atom. The highest BCUT2D eigenvalue weighted by molar-refractivity contribution is 5.68. The Bertz CT molecular complexity index is 307. The van der Waals surface area contributed by atoms with Gasteiger partial charge in [-0.2, -0.15) is 0 Å². The molecule has 2 rings (SSSR count). The first-order valence-corrected chi connectivity index (χ1v) is 6.72. The molecule has 0 aliphatic carbocycles. The molecule has 2 aliphatic heterocycles. The van der Waals surface area contributed by atoms with Crippen molar-refractivity contribution in [3.8, 4) is 0 Å². The quantitative estimate of drug-likeness (QED) is 0.772. The van der Waals surface area contributed by atoms with Crippen molar-refractivity contribution in [1.29, 1.82) is 0 Å². The van der Waals surface area contributed by atoms with Gasteiger partial charge < -0.3 is 14.6 Å². The zero-order valence-corrected chi connectivity index (χ0v) is 11.2. The van der Waals surface area contributed by atoms with E-state index in [1.54, 1.807) is 0 Å². The minimum atomic E-state index is -0.894. The van der Waals surface area contributed by atoms with E-state index in [1.165, 1.54) is 6.42 Å². The summed E-state index contributed by atoms with van der Waals surface area (Å²) in [7, 11) is 0. The zero-order valence-electron chi connectivity index (χ0n) is 11.2. The molecule has 2 aliphatic rings. The third kappa shape index (κ3) is 3.02. The number of aliphatic carboxylic acids is 1. The van der Waals surface area contributed by atoms with E-state index in [0.717, 1.165) is 32.5 Å². The Hall–Kier alpha value is -0.650. The lowest BCUT2D eigenvalue weighted by atomic mass is 9.94. The minimum absolute atomic E-state index is 0.0390. The van der Waals surface area contributed by atoms with Crippen molar-refractivity contribution in [2.45, 2.75) is 50.9 Å². The third-order valence-electron chi connectivity index (χ3n) is 3.90. The molecule has 2 saturated heterocycles. The highest BCUT2D eigenvalue weighted by atomic mass is 16.5. The fourth-order valence-corrected chi connectivity index (χ4v) is 3.09. The van der Waals surface area contributed by atoms with Crippen molar-refractivity contribution in [1.82, 2.24) is 4.90 Å². The molecule has 0 amide bonds. The second-order valence-corrected chi connectivity index (χ2v) is 5.66. The average molecular weight is 257 g/mol. The standard InChI is InChI=1S/C13H23NO4/c1-10(2)18-9-13-4-3-5-14(13)7-11(6-13)17-8-12(15)16/h10-11H,3-9H2,1-2H3,(H,15,16)/t11-,13?/m1/s1. The number of ether oxygens (including phenoxy) is 2. The summed E-state index contributed by atoms with van der Waals surface area (Å²) in [5.41, 5.74) is 0.0907. The number of fused-ring (bicyclic) bond motifs is 1. The number of carboxylic acids is 1. The molecule has 2 heterocycles. The molecule has 0 bridgehead atoms. The second-order valence-electron chi connectivity index (χ2n) is 5.66. The van der Waals surface area contributed by atoms with Gasteiger partial charge in [0.1, 0.15) is 6.61 Å². The van der Waals surface area contributed by atoms with Crippen LogP contribution in [-0.4, -0.2) is 60.0 Å². The molecule has 5 nitrogen and oxygen atoms in total. The number of rotatable bonds is 6. The minimum Gasteiger partial charge on any atom is -0.480 e. The molecule has 0 radical (unpaired) electrons. The van der Waals surface area contributed by atoms with Gasteiger partial charge in [0.15, 0.2) is 0 Å². The number of hydrogen-bond acceptors (Lipinski definition) is 4. The van der Waals surface area contributed by atoms with Crippen LogP contribution in [0.2, 0.25) is 0 Å². The summed E-state index contributed by atoms with van der Waals surface area (Å²) in [6, 6.07) is 0. The van der Waals surface area contributed by atoms with E-state index in [1.807, 2.05) is 13.8 Å². The van der Waals surface area contributed by atoms with Crippen LogP contribution in [-0.2, 0) is 14.3 Å². The van der Waals surface area contributed by atoms with Crippen LogP contribution in [0.1, 0.15) is 33.1 Å². The third-order valence-corrected chi connectivity index (χ3v) is 3.90. The Labute approximate surface area is 108 Å². The van der Waals surface area contributed by atoms with Crippen LogP contribution in [0.3, 0.4) is 0 Å². The van der Waals surface area contributed by atoms with Crippen molar-refractivity contribution in [3.63, 3.8) is 0 Å². The van der Waals surface area contributed by atoms with Crippen LogP contribution in [0.4, 0.5) is 0 Å². The molecule has 1 unspecified atom stereocenters. The number of nitrogens with zero attached hydrogens (tertiary/aromatic N) is 1. The predicted octanol–water partition coefficient (Wildman–Crippen LogP) is 1.12. The molecule has 0 saturated carbocycles. The van der Waals surface area contributed by atoms with Crippen LogP contribution >= 0.6 is 0 Å². The Morgan fingerprint density at radius 3 is 3.00 bits per heavy atom. The van der Waals surface area contributed by atoms with Crippen molar-refractivity contribution in [2.75, 3.05) is 26.3 Å². The topological polar surface area (TPSA) is 59.0 Å². The van der Waals surface area contributed by atoms with Crippen LogP contribution < -0.4 is 0 Å². The largest absolute Gasteiger partial charge is 0.480 e. The van der Waals surface area contributed by atoms with Crippen molar-refractivity contribution in [3.05, 3.63) is 0 Å². The van der Waals surface area contributed by atoms with Gasteiger partial charge in [-0.25, -0.2) is 4.79 Å². The zero-order chi connectivity index (χ0) is 13.2. The van der Waals surface area contributed by atoms with Crippen molar-refractivity contribution < 1.29 is 19.4 Å². The molecule has 5 heteroatoms. The summed E-state index contributed by atoms with van der Waals surface area (Å²) >= 11 is 0. The van der Waals surface area contributed by atoms with Crippen LogP contribution in [0.25, 0.3) is 0 Å². The fraction of sp³-hybridized carbons (Fsp3) is 0.923. The van der Waals surface area contributed by atoms with E-state index < -0.39 is 5.97 Å². The summed E-state index contributed by atoms with van der Waals surface area (Å²) < 4.78 is 11.2. The van der Waals surface area contributed by atoms with E-state index in [9.17, 15) is 4.79 Å². The SMILES string of the molecule is CC(C)OCC12CCCN1C[C@H](OCC(=O)O)C2. The number of carbonyl (C=O) groups is 1. The Kier molecular flexibility index (Phi) is 4.25. The first-order valence-electron chi connectivity index (χ1n) is 6.72. The monoisotopic (exact) mass is 257 g/mol. The lowest BCUT2D eigenvalue weighted by Gasteiger charge is -2.32. The van der Waals surface area contributed by atoms with Gasteiger partial charge in [-0.05, 0) is 39.7 Å². The maximum atomic E-state index is 10.5. The lowest BCUT2D eigenvalue weighted by Crippen LogP contribution is -2.43. The van der Waals surface area contributed by atoms with Crippen molar-refractivity contribution >= 4 is 5.97 Å². The van der Waals surface area contributed by atoms with Gasteiger partial charge in [-0.3, -0.25) is 4.90 Å². The summed E-state index contributed by atoms with van der Waals surface area (Å²) in [6.07, 6.45) is 3.50. The molecule has 0 aromatic carbocycles. The first kappa shape index (κ1) is 13.8. The molecule has 2 atom stereocenters. The second kappa shape index (κ2) is 5.55. The average Bonchev–Trinajstić information content (AvgIpc) is 2.79. The highest BCUT2D eigenvalue weighted by Gasteiger charge is 2.49. The van der Waals surface area contributed by atoms with Gasteiger partial charge in [-0.1, -0.05) is 0 Å². The maximum absolute atomic E-state index is 10.5. The highest BCUT2D eigenvalue weighted by Crippen LogP contribution is 2.40. The van der Waals surface area contributed by atoms with Gasteiger partial charge in [-0.15, -0.1) is 0 Å². The Morgan fingerprint density at radius 1 is 1.56 bits per heavy atom. The molecular weight excluding hydrogens is 234 g/mol. The fourth-order valence-electron chi connectivity index (χ4n) is 3.09. The van der Waals surface area contributed by atoms with Gasteiger partial charge in [0, 0.05) is 12.1 Å². The van der Waals surface area contributed by atoms with Gasteiger partial charge in [0.25, 0.3) is 0 Å². The molecule has 0 aromatic heterocycles. The van der Waals surface area contributed by atoms with Gasteiger partial charge in [0.2, 0.25) is 0 Å². The number of carboxylic acid groups (broad SMARTS) is 1. The van der Waals surface area contributed by atoms with Crippen LogP contribution in [0.5, 0.6) is 0 Å². The summed E-state index contributed by atoms with van der Waals surface area (Å²) in [5.74, 6) is -0.894. The van der Waals surface area contributed by atoms with Gasteiger partial charge >= 0.3 is 5.97 Å². The molecule has 104 valence electrons. The van der Waals surface area contributed by atoms with Crippen molar-refractivity contribution in [2.24, 2.45) is 0 Å². The molecule has 2 fully saturated rings. The maximum Gasteiger partial charge on any atom is 0.329 e. The smallest absolute Gasteiger partial charge is 0.329 e. The summed E-state index contributed by atoms with van der Waals surface area (Å²) in [4.78, 5) is 13.0. The van der Waals surface area contributed by atoms with Gasteiger partial charge in [0.05, 0.1) is 18.8 Å². The molecule has 0 aromatic rings. The molecule has 18 heavy (non-hydrogen) atoms. The first-order chi connectivity index (χ1) is 8.52. The van der Waals surface area contributed by atoms with E-state index in [2.05, 4.69) is 4.90 Å². The van der Waals surface area contributed by atoms with Crippen LogP contribution in [0.15, 0.2) is 0 Å². The summed E-state index contributed by atoms with van der Waals surface area (Å²) in [5, 5.41) is 8.65. The van der Waals surface area contributed by atoms with E-state index in [0.29, 0.717) is 0 Å². The van der Waals surface area contributed by atoms with E-state index in [-0.39, 0.29) is 24.4 Å². The number of hydrogen-bond donors (Lipinski definition) is 1. The van der Waals surface area contributed by atoms with Crippen LogP contribution in [0, 0.1) is 0 Å². The molecule has 0 spiro atoms. The Balaban J connectivity index is 1.90. The van der Waals surface area contributed by atoms with E-state index >= 15 is 0 Å². The predicted molar refractivity (Wildman–Crippen MR) is 66.6 cm³/mol. The molecule has 1 N–H and O–H groups in total. The lowest BCUT2D eigenvalue weighted by molar-refractivity contribution is -0.144. The van der Waals surface area contributed by atoms with E-state index in [4.69, 9.17) is 14.6 Å².